The van der Waals surface area contributed by atoms with E-state index in [1.165, 1.54) is 36.3 Å². The van der Waals surface area contributed by atoms with E-state index < -0.39 is 28.6 Å². The van der Waals surface area contributed by atoms with Gasteiger partial charge in [0.05, 0.1) is 23.6 Å². The summed E-state index contributed by atoms with van der Waals surface area (Å²) in [6, 6.07) is 10.8. The van der Waals surface area contributed by atoms with E-state index in [4.69, 9.17) is 9.84 Å². The van der Waals surface area contributed by atoms with Crippen molar-refractivity contribution in [3.8, 4) is 5.75 Å². The minimum absolute atomic E-state index is 0.00205. The van der Waals surface area contributed by atoms with E-state index in [0.29, 0.717) is 36.1 Å². The standard InChI is InChI=1S/C24H24N2O8/c1-34-18-12-8-16(9-13-18)22(29)20-21(15-6-10-17(11-7-15)26(32)33)25(24(31)23(20)30)14-4-2-3-5-19(27)28/h6-13,21,29H,2-5,14H2,1H3,(H,27,28)/b22-20+. The number of benzene rings is 2. The first-order chi connectivity index (χ1) is 16.2. The second kappa shape index (κ2) is 10.6. The molecular formula is C24H24N2O8. The van der Waals surface area contributed by atoms with Crippen molar-refractivity contribution in [1.29, 1.82) is 0 Å². The molecule has 10 nitrogen and oxygen atoms in total. The van der Waals surface area contributed by atoms with Crippen molar-refractivity contribution in [1.82, 2.24) is 4.90 Å². The van der Waals surface area contributed by atoms with Gasteiger partial charge in [-0.2, -0.15) is 0 Å². The van der Waals surface area contributed by atoms with Crippen molar-refractivity contribution < 1.29 is 34.3 Å². The number of carboxylic acid groups (broad SMARTS) is 1. The van der Waals surface area contributed by atoms with Gasteiger partial charge in [-0.05, 0) is 54.8 Å². The zero-order chi connectivity index (χ0) is 24.8. The maximum Gasteiger partial charge on any atom is 0.303 e. The van der Waals surface area contributed by atoms with Gasteiger partial charge in [-0.15, -0.1) is 0 Å². The Morgan fingerprint density at radius 1 is 1.03 bits per heavy atom. The first-order valence-electron chi connectivity index (χ1n) is 10.6. The van der Waals surface area contributed by atoms with E-state index >= 15 is 0 Å². The summed E-state index contributed by atoms with van der Waals surface area (Å²) in [4.78, 5) is 48.4. The average molecular weight is 468 g/mol. The van der Waals surface area contributed by atoms with Crippen LogP contribution in [0.3, 0.4) is 0 Å². The fraction of sp³-hybridized carbons (Fsp3) is 0.292. The number of carboxylic acids is 1. The van der Waals surface area contributed by atoms with E-state index in [9.17, 15) is 29.6 Å². The highest BCUT2D eigenvalue weighted by molar-refractivity contribution is 6.46. The van der Waals surface area contributed by atoms with E-state index in [2.05, 4.69) is 0 Å². The third-order valence-corrected chi connectivity index (χ3v) is 5.61. The largest absolute Gasteiger partial charge is 0.507 e. The predicted octanol–water partition coefficient (Wildman–Crippen LogP) is 3.67. The molecule has 0 bridgehead atoms. The number of likely N-dealkylation sites (tertiary alicyclic amines) is 1. The topological polar surface area (TPSA) is 147 Å². The van der Waals surface area contributed by atoms with E-state index in [0.717, 1.165) is 0 Å². The molecule has 0 aromatic heterocycles. The third kappa shape index (κ3) is 5.22. The number of ketones is 1. The van der Waals surface area contributed by atoms with Crippen molar-refractivity contribution in [2.45, 2.75) is 31.7 Å². The number of nitro groups is 1. The summed E-state index contributed by atoms with van der Waals surface area (Å²) in [7, 11) is 1.49. The quantitative estimate of drug-likeness (QED) is 0.134. The first kappa shape index (κ1) is 24.4. The number of aliphatic hydroxyl groups excluding tert-OH is 1. The van der Waals surface area contributed by atoms with Gasteiger partial charge in [0.15, 0.2) is 0 Å². The molecule has 3 rings (SSSR count). The SMILES string of the molecule is COc1ccc(/C(O)=C2\C(=O)C(=O)N(CCCCCC(=O)O)C2c2ccc([N+](=O)[O-])cc2)cc1. The molecule has 1 amide bonds. The summed E-state index contributed by atoms with van der Waals surface area (Å²) in [5, 5.41) is 30.8. The molecule has 0 aliphatic carbocycles. The molecule has 0 radical (unpaired) electrons. The van der Waals surface area contributed by atoms with Crippen LogP contribution in [0, 0.1) is 10.1 Å². The van der Waals surface area contributed by atoms with Gasteiger partial charge in [0, 0.05) is 30.7 Å². The molecule has 34 heavy (non-hydrogen) atoms. The molecule has 10 heteroatoms. The summed E-state index contributed by atoms with van der Waals surface area (Å²) in [6.45, 7) is 0.158. The lowest BCUT2D eigenvalue weighted by atomic mass is 9.95. The molecule has 2 aromatic carbocycles. The number of hydrogen-bond acceptors (Lipinski definition) is 7. The zero-order valence-corrected chi connectivity index (χ0v) is 18.5. The number of nitrogens with zero attached hydrogens (tertiary/aromatic N) is 2. The van der Waals surface area contributed by atoms with Gasteiger partial charge in [0.2, 0.25) is 0 Å². The van der Waals surface area contributed by atoms with Crippen molar-refractivity contribution in [2.75, 3.05) is 13.7 Å². The van der Waals surface area contributed by atoms with Crippen LogP contribution in [0.2, 0.25) is 0 Å². The number of amides is 1. The Morgan fingerprint density at radius 3 is 2.24 bits per heavy atom. The van der Waals surface area contributed by atoms with Crippen LogP contribution in [0.4, 0.5) is 5.69 Å². The molecule has 2 aromatic rings. The highest BCUT2D eigenvalue weighted by Gasteiger charge is 2.45. The van der Waals surface area contributed by atoms with E-state index in [-0.39, 0.29) is 30.0 Å². The molecule has 1 aliphatic rings. The van der Waals surface area contributed by atoms with Gasteiger partial charge in [0.25, 0.3) is 17.4 Å². The highest BCUT2D eigenvalue weighted by Crippen LogP contribution is 2.40. The van der Waals surface area contributed by atoms with Crippen LogP contribution in [0.15, 0.2) is 54.1 Å². The van der Waals surface area contributed by atoms with Crippen molar-refractivity contribution in [2.24, 2.45) is 0 Å². The minimum atomic E-state index is -0.942. The van der Waals surface area contributed by atoms with Gasteiger partial charge in [0.1, 0.15) is 11.5 Å². The van der Waals surface area contributed by atoms with Crippen LogP contribution < -0.4 is 4.74 Å². The second-order valence-electron chi connectivity index (χ2n) is 7.77. The smallest absolute Gasteiger partial charge is 0.303 e. The number of carbonyl (C=O) groups excluding carboxylic acids is 2. The molecule has 1 saturated heterocycles. The van der Waals surface area contributed by atoms with Crippen LogP contribution in [-0.4, -0.2) is 51.4 Å². The average Bonchev–Trinajstić information content (AvgIpc) is 3.08. The molecule has 1 unspecified atom stereocenters. The van der Waals surface area contributed by atoms with Gasteiger partial charge in [-0.25, -0.2) is 0 Å². The molecule has 178 valence electrons. The number of carbonyl (C=O) groups is 3. The lowest BCUT2D eigenvalue weighted by Gasteiger charge is -2.25. The number of aliphatic carboxylic acids is 1. The molecule has 1 heterocycles. The van der Waals surface area contributed by atoms with Gasteiger partial charge in [-0.3, -0.25) is 24.5 Å². The number of ether oxygens (including phenoxy) is 1. The number of aliphatic hydroxyl groups is 1. The Hall–Kier alpha value is -4.21. The summed E-state index contributed by atoms with van der Waals surface area (Å²) < 4.78 is 5.11. The summed E-state index contributed by atoms with van der Waals surface area (Å²) >= 11 is 0. The maximum absolute atomic E-state index is 13.0. The molecular weight excluding hydrogens is 444 g/mol. The number of non-ortho nitro benzene ring substituents is 1. The Balaban J connectivity index is 1.99. The summed E-state index contributed by atoms with van der Waals surface area (Å²) in [5.74, 6) is -2.38. The van der Waals surface area contributed by atoms with Gasteiger partial charge >= 0.3 is 5.97 Å². The number of unbranched alkanes of at least 4 members (excludes halogenated alkanes) is 2. The third-order valence-electron chi connectivity index (χ3n) is 5.61. The fourth-order valence-corrected chi connectivity index (χ4v) is 3.88. The summed E-state index contributed by atoms with van der Waals surface area (Å²) in [5.41, 5.74) is 0.483. The summed E-state index contributed by atoms with van der Waals surface area (Å²) in [6.07, 6.45) is 1.41. The van der Waals surface area contributed by atoms with Gasteiger partial charge < -0.3 is 19.8 Å². The second-order valence-corrected chi connectivity index (χ2v) is 7.77. The predicted molar refractivity (Wildman–Crippen MR) is 121 cm³/mol. The van der Waals surface area contributed by atoms with Crippen molar-refractivity contribution in [3.63, 3.8) is 0 Å². The van der Waals surface area contributed by atoms with Crippen LogP contribution in [0.5, 0.6) is 5.75 Å². The molecule has 0 saturated carbocycles. The number of nitro benzene ring substituents is 1. The molecule has 2 N–H and O–H groups in total. The Labute approximate surface area is 195 Å². The van der Waals surface area contributed by atoms with Crippen molar-refractivity contribution >= 4 is 29.1 Å². The van der Waals surface area contributed by atoms with Crippen molar-refractivity contribution in [3.05, 3.63) is 75.3 Å². The Kier molecular flexibility index (Phi) is 7.62. The van der Waals surface area contributed by atoms with Gasteiger partial charge in [-0.1, -0.05) is 6.42 Å². The Bertz CT molecular complexity index is 1120. The lowest BCUT2D eigenvalue weighted by molar-refractivity contribution is -0.384. The van der Waals surface area contributed by atoms with Crippen LogP contribution in [-0.2, 0) is 14.4 Å². The van der Waals surface area contributed by atoms with E-state index in [1.807, 2.05) is 0 Å². The first-order valence-corrected chi connectivity index (χ1v) is 10.6. The molecule has 0 spiro atoms. The Morgan fingerprint density at radius 2 is 1.68 bits per heavy atom. The fourth-order valence-electron chi connectivity index (χ4n) is 3.88. The van der Waals surface area contributed by atoms with Crippen LogP contribution in [0.25, 0.3) is 5.76 Å². The molecule has 1 aliphatic heterocycles. The lowest BCUT2D eigenvalue weighted by Crippen LogP contribution is -2.30. The van der Waals surface area contributed by atoms with Crippen LogP contribution in [0.1, 0.15) is 42.9 Å². The monoisotopic (exact) mass is 468 g/mol. The maximum atomic E-state index is 13.0. The zero-order valence-electron chi connectivity index (χ0n) is 18.5. The normalized spacial score (nSPS) is 17.1. The van der Waals surface area contributed by atoms with E-state index in [1.54, 1.807) is 24.3 Å². The van der Waals surface area contributed by atoms with Crippen LogP contribution >= 0.6 is 0 Å². The number of rotatable bonds is 10. The molecule has 1 fully saturated rings. The molecule has 1 atom stereocenters. The number of hydrogen-bond donors (Lipinski definition) is 2. The number of methoxy groups -OCH3 is 1. The minimum Gasteiger partial charge on any atom is -0.507 e. The number of Topliss-reactive ketones (excluding diaryl/α,β-unsaturated/α-hetero) is 1. The highest BCUT2D eigenvalue weighted by atomic mass is 16.6.